The maximum atomic E-state index is 2.49. The minimum Gasteiger partial charge on any atom is -0.0581 e. The molecule has 2 rings (SSSR count). The zero-order valence-corrected chi connectivity index (χ0v) is 26.2. The zero-order chi connectivity index (χ0) is 27.4. The molecule has 0 nitrogen and oxygen atoms in total. The first-order valence-corrected chi connectivity index (χ1v) is 13.8. The first-order chi connectivity index (χ1) is 15.4. The van der Waals surface area contributed by atoms with Gasteiger partial charge in [0, 0.05) is 0 Å². The fourth-order valence-electron chi connectivity index (χ4n) is 5.27. The maximum absolute atomic E-state index is 2.49. The molecule has 0 heteroatoms. The first kappa shape index (κ1) is 29.7. The average molecular weight is 477 g/mol. The minimum absolute atomic E-state index is 0.0861. The predicted molar refractivity (Wildman–Crippen MR) is 159 cm³/mol. The summed E-state index contributed by atoms with van der Waals surface area (Å²) in [5.74, 6) is 0.441. The molecular weight excluding hydrogens is 420 g/mol. The summed E-state index contributed by atoms with van der Waals surface area (Å²) in [6.45, 7) is 37.9. The van der Waals surface area contributed by atoms with Crippen LogP contribution in [0.1, 0.15) is 156 Å². The summed E-state index contributed by atoms with van der Waals surface area (Å²) in [6.07, 6.45) is 1.07. The number of hydrogen-bond acceptors (Lipinski definition) is 0. The molecule has 0 spiro atoms. The van der Waals surface area contributed by atoms with Crippen molar-refractivity contribution in [1.82, 2.24) is 0 Å². The monoisotopic (exact) mass is 476 g/mol. The van der Waals surface area contributed by atoms with Gasteiger partial charge in [-0.1, -0.05) is 141 Å². The molecule has 1 atom stereocenters. The molecule has 2 aromatic rings. The molecule has 0 aromatic heterocycles. The van der Waals surface area contributed by atoms with E-state index in [0.29, 0.717) is 5.92 Å². The van der Waals surface area contributed by atoms with Crippen LogP contribution in [0.3, 0.4) is 0 Å². The highest BCUT2D eigenvalue weighted by molar-refractivity contribution is 5.51. The van der Waals surface area contributed by atoms with Crippen molar-refractivity contribution in [2.24, 2.45) is 0 Å². The van der Waals surface area contributed by atoms with Crippen LogP contribution < -0.4 is 0 Å². The van der Waals surface area contributed by atoms with Gasteiger partial charge < -0.3 is 0 Å². The topological polar surface area (TPSA) is 0 Å². The summed E-state index contributed by atoms with van der Waals surface area (Å²) in [7, 11) is 0. The Balaban J connectivity index is 2.82. The Morgan fingerprint density at radius 3 is 1.26 bits per heavy atom. The molecule has 196 valence electrons. The van der Waals surface area contributed by atoms with E-state index in [4.69, 9.17) is 0 Å². The standard InChI is InChI=1S/C35H56/c1-23(24-20-25(31(2,3)4)22-26(21-24)32(5,6)7)19-27-28(33(8,9)10)17-18-29(34(11,12)13)30(27)35(14,15)16/h17-18,20-23H,19H2,1-16H3. The third kappa shape index (κ3) is 7.02. The van der Waals surface area contributed by atoms with Gasteiger partial charge in [0.2, 0.25) is 0 Å². The molecule has 0 saturated carbocycles. The molecule has 0 aliphatic heterocycles. The second kappa shape index (κ2) is 9.39. The van der Waals surface area contributed by atoms with E-state index in [1.807, 2.05) is 0 Å². The van der Waals surface area contributed by atoms with E-state index < -0.39 is 0 Å². The molecule has 35 heavy (non-hydrogen) atoms. The lowest BCUT2D eigenvalue weighted by Crippen LogP contribution is -2.28. The Labute approximate surface area is 219 Å². The van der Waals surface area contributed by atoms with Gasteiger partial charge in [0.15, 0.2) is 0 Å². The molecule has 0 aliphatic carbocycles. The van der Waals surface area contributed by atoms with Crippen LogP contribution in [0.15, 0.2) is 30.3 Å². The zero-order valence-electron chi connectivity index (χ0n) is 26.2. The normalized spacial score (nSPS) is 14.9. The third-order valence-corrected chi connectivity index (χ3v) is 7.45. The van der Waals surface area contributed by atoms with Crippen molar-refractivity contribution in [2.45, 2.75) is 150 Å². The molecule has 0 saturated heterocycles. The van der Waals surface area contributed by atoms with Crippen molar-refractivity contribution in [1.29, 1.82) is 0 Å². The number of benzene rings is 2. The lowest BCUT2D eigenvalue weighted by molar-refractivity contribution is 0.510. The highest BCUT2D eigenvalue weighted by Crippen LogP contribution is 2.43. The summed E-state index contributed by atoms with van der Waals surface area (Å²) in [4.78, 5) is 0. The van der Waals surface area contributed by atoms with E-state index in [2.05, 4.69) is 141 Å². The van der Waals surface area contributed by atoms with Gasteiger partial charge in [0.05, 0.1) is 0 Å². The number of rotatable bonds is 3. The fourth-order valence-corrected chi connectivity index (χ4v) is 5.27. The second-order valence-electron chi connectivity index (χ2n) is 16.2. The van der Waals surface area contributed by atoms with Crippen LogP contribution in [0.2, 0.25) is 0 Å². The molecule has 0 aliphatic rings. The lowest BCUT2D eigenvalue weighted by Gasteiger charge is -2.37. The predicted octanol–water partition coefficient (Wildman–Crippen LogP) is 10.5. The molecule has 0 heterocycles. The van der Waals surface area contributed by atoms with Gasteiger partial charge in [0.1, 0.15) is 0 Å². The summed E-state index contributed by atoms with van der Waals surface area (Å²) < 4.78 is 0. The first-order valence-electron chi connectivity index (χ1n) is 13.8. The van der Waals surface area contributed by atoms with E-state index in [-0.39, 0.29) is 27.1 Å². The van der Waals surface area contributed by atoms with Crippen molar-refractivity contribution in [2.75, 3.05) is 0 Å². The fraction of sp³-hybridized carbons (Fsp3) is 0.657. The largest absolute Gasteiger partial charge is 0.0581 e. The van der Waals surface area contributed by atoms with Crippen LogP contribution in [0, 0.1) is 0 Å². The molecule has 2 aromatic carbocycles. The second-order valence-corrected chi connectivity index (χ2v) is 16.2. The quantitative estimate of drug-likeness (QED) is 0.413. The molecule has 0 bridgehead atoms. The van der Waals surface area contributed by atoms with Crippen LogP contribution in [0.25, 0.3) is 0 Å². The summed E-state index contributed by atoms with van der Waals surface area (Å²) in [5.41, 5.74) is 11.1. The van der Waals surface area contributed by atoms with Gasteiger partial charge >= 0.3 is 0 Å². The van der Waals surface area contributed by atoms with Crippen molar-refractivity contribution in [3.05, 3.63) is 69.3 Å². The van der Waals surface area contributed by atoms with Crippen molar-refractivity contribution in [3.8, 4) is 0 Å². The van der Waals surface area contributed by atoms with E-state index in [1.54, 1.807) is 11.1 Å². The molecular formula is C35H56. The minimum atomic E-state index is 0.0861. The summed E-state index contributed by atoms with van der Waals surface area (Å²) in [6, 6.07) is 12.3. The van der Waals surface area contributed by atoms with Crippen LogP contribution >= 0.6 is 0 Å². The van der Waals surface area contributed by atoms with Gasteiger partial charge in [-0.25, -0.2) is 0 Å². The highest BCUT2D eigenvalue weighted by Gasteiger charge is 2.32. The van der Waals surface area contributed by atoms with Gasteiger partial charge in [-0.15, -0.1) is 0 Å². The Morgan fingerprint density at radius 2 is 0.914 bits per heavy atom. The van der Waals surface area contributed by atoms with E-state index in [1.165, 1.54) is 27.8 Å². The van der Waals surface area contributed by atoms with Crippen LogP contribution in [0.4, 0.5) is 0 Å². The molecule has 0 radical (unpaired) electrons. The van der Waals surface area contributed by atoms with Crippen molar-refractivity contribution >= 4 is 0 Å². The third-order valence-electron chi connectivity index (χ3n) is 7.45. The van der Waals surface area contributed by atoms with E-state index in [0.717, 1.165) is 6.42 Å². The smallest absolute Gasteiger partial charge is 0.0126 e. The average Bonchev–Trinajstić information content (AvgIpc) is 2.63. The van der Waals surface area contributed by atoms with Gasteiger partial charge in [-0.3, -0.25) is 0 Å². The summed E-state index contributed by atoms with van der Waals surface area (Å²) >= 11 is 0. The van der Waals surface area contributed by atoms with Crippen molar-refractivity contribution < 1.29 is 0 Å². The Hall–Kier alpha value is -1.56. The van der Waals surface area contributed by atoms with Crippen molar-refractivity contribution in [3.63, 3.8) is 0 Å². The Kier molecular flexibility index (Phi) is 7.96. The lowest BCUT2D eigenvalue weighted by atomic mass is 9.68. The molecule has 0 fully saturated rings. The van der Waals surface area contributed by atoms with Gasteiger partial charge in [-0.2, -0.15) is 0 Å². The maximum Gasteiger partial charge on any atom is -0.0126 e. The van der Waals surface area contributed by atoms with E-state index >= 15 is 0 Å². The van der Waals surface area contributed by atoms with Crippen LogP contribution in [-0.4, -0.2) is 0 Å². The highest BCUT2D eigenvalue weighted by atomic mass is 14.4. The number of hydrogen-bond donors (Lipinski definition) is 0. The molecule has 0 amide bonds. The van der Waals surface area contributed by atoms with Crippen LogP contribution in [-0.2, 0) is 33.5 Å². The van der Waals surface area contributed by atoms with Crippen LogP contribution in [0.5, 0.6) is 0 Å². The SMILES string of the molecule is CC(Cc1c(C(C)(C)C)ccc(C(C)(C)C)c1C(C)(C)C)c1cc(C(C)(C)C)cc(C(C)(C)C)c1. The summed E-state index contributed by atoms with van der Waals surface area (Å²) in [5, 5.41) is 0. The van der Waals surface area contributed by atoms with Gasteiger partial charge in [-0.05, 0) is 78.4 Å². The Bertz CT molecular complexity index is 996. The van der Waals surface area contributed by atoms with E-state index in [9.17, 15) is 0 Å². The Morgan fingerprint density at radius 1 is 0.514 bits per heavy atom. The molecule has 1 unspecified atom stereocenters. The molecule has 0 N–H and O–H groups in total. The van der Waals surface area contributed by atoms with Gasteiger partial charge in [0.25, 0.3) is 0 Å².